The molecule has 5 nitrogen and oxygen atoms in total. The molecule has 1 aromatic rings. The van der Waals surface area contributed by atoms with Crippen LogP contribution in [0.1, 0.15) is 64.7 Å². The van der Waals surface area contributed by atoms with Crippen molar-refractivity contribution in [2.24, 2.45) is 0 Å². The van der Waals surface area contributed by atoms with E-state index >= 15 is 0 Å². The van der Waals surface area contributed by atoms with Crippen molar-refractivity contribution in [3.05, 3.63) is 24.2 Å². The van der Waals surface area contributed by atoms with E-state index in [9.17, 15) is 9.90 Å². The maximum Gasteiger partial charge on any atom is 0.407 e. The fourth-order valence-corrected chi connectivity index (χ4v) is 3.36. The molecule has 2 rings (SSSR count). The lowest BCUT2D eigenvalue weighted by molar-refractivity contribution is 0.0980. The number of unbranched alkanes of at least 4 members (excludes halogenated alkanes) is 1. The predicted molar refractivity (Wildman–Crippen MR) is 90.6 cm³/mol. The van der Waals surface area contributed by atoms with Crippen molar-refractivity contribution in [3.8, 4) is 0 Å². The summed E-state index contributed by atoms with van der Waals surface area (Å²) in [7, 11) is 0. The average Bonchev–Trinajstić information content (AvgIpc) is 3.13. The van der Waals surface area contributed by atoms with Crippen LogP contribution in [-0.4, -0.2) is 46.2 Å². The molecule has 2 heterocycles. The number of furan rings is 1. The number of carboxylic acid groups (broad SMARTS) is 1. The summed E-state index contributed by atoms with van der Waals surface area (Å²) in [5.41, 5.74) is -0.346. The molecule has 0 aliphatic carbocycles. The van der Waals surface area contributed by atoms with Crippen LogP contribution in [0.15, 0.2) is 22.8 Å². The van der Waals surface area contributed by atoms with E-state index in [1.54, 1.807) is 6.26 Å². The lowest BCUT2D eigenvalue weighted by atomic mass is 10.0. The number of likely N-dealkylation sites (tertiary alicyclic amines) is 1. The minimum absolute atomic E-state index is 0.334. The highest BCUT2D eigenvalue weighted by atomic mass is 16.4. The minimum Gasteiger partial charge on any atom is -0.468 e. The molecular formula is C18H30N2O3. The van der Waals surface area contributed by atoms with Crippen LogP contribution in [0.25, 0.3) is 0 Å². The third kappa shape index (κ3) is 4.99. The Kier molecular flexibility index (Phi) is 6.10. The minimum atomic E-state index is -0.834. The van der Waals surface area contributed by atoms with E-state index < -0.39 is 6.09 Å². The van der Waals surface area contributed by atoms with Gasteiger partial charge in [0.2, 0.25) is 0 Å². The first-order valence-corrected chi connectivity index (χ1v) is 8.67. The molecule has 1 aliphatic rings. The molecule has 0 radical (unpaired) electrons. The monoisotopic (exact) mass is 322 g/mol. The summed E-state index contributed by atoms with van der Waals surface area (Å²) >= 11 is 0. The Hall–Kier alpha value is -1.49. The van der Waals surface area contributed by atoms with Crippen molar-refractivity contribution in [2.45, 2.75) is 64.5 Å². The van der Waals surface area contributed by atoms with E-state index in [-0.39, 0.29) is 5.54 Å². The number of amides is 1. The van der Waals surface area contributed by atoms with Crippen LogP contribution in [0.2, 0.25) is 0 Å². The molecule has 1 aliphatic heterocycles. The quantitative estimate of drug-likeness (QED) is 0.758. The smallest absolute Gasteiger partial charge is 0.407 e. The first-order valence-electron chi connectivity index (χ1n) is 8.67. The van der Waals surface area contributed by atoms with Gasteiger partial charge < -0.3 is 14.4 Å². The molecule has 1 fully saturated rings. The van der Waals surface area contributed by atoms with Gasteiger partial charge in [-0.1, -0.05) is 0 Å². The van der Waals surface area contributed by atoms with E-state index in [4.69, 9.17) is 4.42 Å². The van der Waals surface area contributed by atoms with Crippen molar-refractivity contribution in [3.63, 3.8) is 0 Å². The SMILES string of the molecule is CC(C)(C)N(CCCCC(c1ccco1)N1CCCC1)C(=O)O. The lowest BCUT2D eigenvalue weighted by Crippen LogP contribution is -2.45. The molecule has 5 heteroatoms. The van der Waals surface area contributed by atoms with Crippen LogP contribution >= 0.6 is 0 Å². The summed E-state index contributed by atoms with van der Waals surface area (Å²) in [6.45, 7) is 8.68. The van der Waals surface area contributed by atoms with Gasteiger partial charge in [0.25, 0.3) is 0 Å². The van der Waals surface area contributed by atoms with E-state index in [2.05, 4.69) is 11.0 Å². The summed E-state index contributed by atoms with van der Waals surface area (Å²) in [4.78, 5) is 15.4. The molecule has 23 heavy (non-hydrogen) atoms. The van der Waals surface area contributed by atoms with Crippen molar-refractivity contribution in [1.29, 1.82) is 0 Å². The van der Waals surface area contributed by atoms with Gasteiger partial charge in [-0.15, -0.1) is 0 Å². The highest BCUT2D eigenvalue weighted by Gasteiger charge is 2.27. The Balaban J connectivity index is 1.86. The maximum atomic E-state index is 11.4. The number of nitrogens with zero attached hydrogens (tertiary/aromatic N) is 2. The number of carbonyl (C=O) groups is 1. The zero-order chi connectivity index (χ0) is 16.9. The highest BCUT2D eigenvalue weighted by Crippen LogP contribution is 2.30. The van der Waals surface area contributed by atoms with Crippen molar-refractivity contribution in [1.82, 2.24) is 9.80 Å². The second-order valence-corrected chi connectivity index (χ2v) is 7.38. The van der Waals surface area contributed by atoms with Crippen molar-refractivity contribution < 1.29 is 14.3 Å². The fraction of sp³-hybridized carbons (Fsp3) is 0.722. The highest BCUT2D eigenvalue weighted by molar-refractivity contribution is 5.65. The van der Waals surface area contributed by atoms with E-state index in [1.807, 2.05) is 26.8 Å². The maximum absolute atomic E-state index is 11.4. The number of hydrogen-bond donors (Lipinski definition) is 1. The normalized spacial score (nSPS) is 17.3. The molecule has 0 aromatic carbocycles. The molecule has 1 atom stereocenters. The second-order valence-electron chi connectivity index (χ2n) is 7.38. The standard InChI is InChI=1S/C18H30N2O3/c1-18(2,3)20(17(21)22)13-5-4-9-15(16-10-8-14-23-16)19-11-6-7-12-19/h8,10,14-15H,4-7,9,11-13H2,1-3H3,(H,21,22). The molecule has 1 saturated heterocycles. The van der Waals surface area contributed by atoms with Gasteiger partial charge in [0.15, 0.2) is 0 Å². The molecule has 1 amide bonds. The largest absolute Gasteiger partial charge is 0.468 e. The number of hydrogen-bond acceptors (Lipinski definition) is 3. The average molecular weight is 322 g/mol. The summed E-state index contributed by atoms with van der Waals surface area (Å²) in [5.74, 6) is 1.04. The van der Waals surface area contributed by atoms with E-state index in [0.717, 1.165) is 38.1 Å². The fourth-order valence-electron chi connectivity index (χ4n) is 3.36. The number of rotatable bonds is 7. The van der Waals surface area contributed by atoms with Gasteiger partial charge in [-0.25, -0.2) is 4.79 Å². The zero-order valence-electron chi connectivity index (χ0n) is 14.6. The lowest BCUT2D eigenvalue weighted by Gasteiger charge is -2.33. The van der Waals surface area contributed by atoms with Gasteiger partial charge in [0.1, 0.15) is 5.76 Å². The van der Waals surface area contributed by atoms with Crippen LogP contribution in [-0.2, 0) is 0 Å². The molecule has 0 bridgehead atoms. The third-order valence-electron chi connectivity index (χ3n) is 4.60. The Bertz CT molecular complexity index is 473. The van der Waals surface area contributed by atoms with Gasteiger partial charge in [-0.3, -0.25) is 4.90 Å². The summed E-state index contributed by atoms with van der Waals surface area (Å²) < 4.78 is 5.63. The molecule has 0 saturated carbocycles. The first kappa shape index (κ1) is 17.9. The Labute approximate surface area is 139 Å². The first-order chi connectivity index (χ1) is 10.9. The molecule has 0 spiro atoms. The topological polar surface area (TPSA) is 56.9 Å². The zero-order valence-corrected chi connectivity index (χ0v) is 14.6. The second kappa shape index (κ2) is 7.86. The van der Waals surface area contributed by atoms with Crippen LogP contribution in [0.4, 0.5) is 4.79 Å². The molecule has 1 aromatic heterocycles. The van der Waals surface area contributed by atoms with Gasteiger partial charge in [-0.05, 0) is 78.1 Å². The van der Waals surface area contributed by atoms with Gasteiger partial charge in [-0.2, -0.15) is 0 Å². The predicted octanol–water partition coefficient (Wildman–Crippen LogP) is 4.37. The Morgan fingerprint density at radius 2 is 2.04 bits per heavy atom. The van der Waals surface area contributed by atoms with E-state index in [1.165, 1.54) is 17.7 Å². The van der Waals surface area contributed by atoms with Crippen molar-refractivity contribution >= 4 is 6.09 Å². The molecule has 1 unspecified atom stereocenters. The third-order valence-corrected chi connectivity index (χ3v) is 4.60. The summed E-state index contributed by atoms with van der Waals surface area (Å²) in [5, 5.41) is 9.34. The van der Waals surface area contributed by atoms with Crippen LogP contribution < -0.4 is 0 Å². The Morgan fingerprint density at radius 3 is 2.57 bits per heavy atom. The molecule has 1 N–H and O–H groups in total. The van der Waals surface area contributed by atoms with Crippen LogP contribution in [0.3, 0.4) is 0 Å². The van der Waals surface area contributed by atoms with E-state index in [0.29, 0.717) is 12.6 Å². The summed E-state index contributed by atoms with van der Waals surface area (Å²) in [6, 6.07) is 4.34. The molecule has 130 valence electrons. The van der Waals surface area contributed by atoms with Crippen molar-refractivity contribution in [2.75, 3.05) is 19.6 Å². The Morgan fingerprint density at radius 1 is 1.35 bits per heavy atom. The van der Waals surface area contributed by atoms with Gasteiger partial charge in [0.05, 0.1) is 12.3 Å². The summed E-state index contributed by atoms with van der Waals surface area (Å²) in [6.07, 6.45) is 6.33. The molecular weight excluding hydrogens is 292 g/mol. The van der Waals surface area contributed by atoms with Crippen LogP contribution in [0, 0.1) is 0 Å². The van der Waals surface area contributed by atoms with Gasteiger partial charge in [0, 0.05) is 12.1 Å². The van der Waals surface area contributed by atoms with Gasteiger partial charge >= 0.3 is 6.09 Å². The van der Waals surface area contributed by atoms with Crippen LogP contribution in [0.5, 0.6) is 0 Å².